The van der Waals surface area contributed by atoms with Crippen LogP contribution >= 0.6 is 27.3 Å². The average molecular weight is 367 g/mol. The van der Waals surface area contributed by atoms with Crippen LogP contribution in [0.5, 0.6) is 0 Å². The van der Waals surface area contributed by atoms with Crippen molar-refractivity contribution in [2.24, 2.45) is 0 Å². The molecular formula is C16H19BrN2OS. The Hall–Kier alpha value is -1.07. The molecule has 0 bridgehead atoms. The second-order valence-corrected chi connectivity index (χ2v) is 7.65. The Morgan fingerprint density at radius 3 is 3.00 bits per heavy atom. The normalized spacial score (nSPS) is 19.7. The number of rotatable bonds is 1. The number of hydrogen-bond donors (Lipinski definition) is 1. The minimum absolute atomic E-state index is 0.0965. The van der Waals surface area contributed by atoms with E-state index in [-0.39, 0.29) is 5.91 Å². The lowest BCUT2D eigenvalue weighted by Gasteiger charge is -2.26. The van der Waals surface area contributed by atoms with Crippen LogP contribution in [0.15, 0.2) is 22.7 Å². The summed E-state index contributed by atoms with van der Waals surface area (Å²) in [6, 6.07) is 6.30. The first kappa shape index (κ1) is 14.9. The Labute approximate surface area is 137 Å². The van der Waals surface area contributed by atoms with E-state index in [0.29, 0.717) is 16.6 Å². The molecular weight excluding hydrogens is 348 g/mol. The molecule has 0 saturated carbocycles. The summed E-state index contributed by atoms with van der Waals surface area (Å²) in [5, 5.41) is 0.972. The largest absolute Gasteiger partial charge is 0.397 e. The van der Waals surface area contributed by atoms with Gasteiger partial charge in [0.1, 0.15) is 4.88 Å². The van der Waals surface area contributed by atoms with Gasteiger partial charge in [-0.2, -0.15) is 0 Å². The van der Waals surface area contributed by atoms with E-state index in [9.17, 15) is 4.79 Å². The Kier molecular flexibility index (Phi) is 4.22. The lowest BCUT2D eigenvalue weighted by atomic mass is 10.1. The van der Waals surface area contributed by atoms with Crippen molar-refractivity contribution in [2.45, 2.75) is 38.6 Å². The summed E-state index contributed by atoms with van der Waals surface area (Å²) in [5.41, 5.74) is 6.86. The quantitative estimate of drug-likeness (QED) is 0.798. The zero-order chi connectivity index (χ0) is 15.0. The van der Waals surface area contributed by atoms with Gasteiger partial charge in [0, 0.05) is 27.1 Å². The SMILES string of the molecule is CC1CCCCCN1C(=O)c1sc2ccc(Br)cc2c1N. The molecule has 3 nitrogen and oxygen atoms in total. The maximum Gasteiger partial charge on any atom is 0.266 e. The second-order valence-electron chi connectivity index (χ2n) is 5.68. The maximum atomic E-state index is 12.9. The molecule has 1 saturated heterocycles. The third-order valence-electron chi connectivity index (χ3n) is 4.20. The Balaban J connectivity index is 1.99. The number of nitrogens with two attached hydrogens (primary N) is 1. The number of anilines is 1. The van der Waals surface area contributed by atoms with Crippen LogP contribution in [0.2, 0.25) is 0 Å². The molecule has 1 amide bonds. The van der Waals surface area contributed by atoms with E-state index < -0.39 is 0 Å². The second kappa shape index (κ2) is 5.97. The van der Waals surface area contributed by atoms with Gasteiger partial charge < -0.3 is 10.6 Å². The minimum atomic E-state index is 0.0965. The molecule has 0 spiro atoms. The molecule has 3 rings (SSSR count). The van der Waals surface area contributed by atoms with E-state index in [1.807, 2.05) is 23.1 Å². The van der Waals surface area contributed by atoms with E-state index in [4.69, 9.17) is 5.73 Å². The van der Waals surface area contributed by atoms with Crippen LogP contribution in [-0.2, 0) is 0 Å². The lowest BCUT2D eigenvalue weighted by Crippen LogP contribution is -2.38. The first-order chi connectivity index (χ1) is 10.1. The highest BCUT2D eigenvalue weighted by Crippen LogP contribution is 2.36. The number of benzene rings is 1. The molecule has 1 aliphatic heterocycles. The molecule has 1 unspecified atom stereocenters. The number of likely N-dealkylation sites (tertiary alicyclic amines) is 1. The van der Waals surface area contributed by atoms with Gasteiger partial charge >= 0.3 is 0 Å². The van der Waals surface area contributed by atoms with Crippen LogP contribution in [-0.4, -0.2) is 23.4 Å². The standard InChI is InChI=1S/C16H19BrN2OS/c1-10-5-3-2-4-8-19(10)16(20)15-14(18)12-9-11(17)6-7-13(12)21-15/h6-7,9-10H,2-5,8,18H2,1H3. The van der Waals surface area contributed by atoms with Crippen LogP contribution in [0.3, 0.4) is 0 Å². The Bertz CT molecular complexity index is 682. The molecule has 2 aromatic rings. The number of carbonyl (C=O) groups is 1. The fourth-order valence-corrected chi connectivity index (χ4v) is 4.38. The number of carbonyl (C=O) groups excluding carboxylic acids is 1. The van der Waals surface area contributed by atoms with Gasteiger partial charge in [-0.3, -0.25) is 4.79 Å². The number of nitrogens with zero attached hydrogens (tertiary/aromatic N) is 1. The molecule has 1 fully saturated rings. The zero-order valence-corrected chi connectivity index (χ0v) is 14.5. The van der Waals surface area contributed by atoms with Gasteiger partial charge in [-0.05, 0) is 38.0 Å². The fraction of sp³-hybridized carbons (Fsp3) is 0.438. The molecule has 2 N–H and O–H groups in total. The number of fused-ring (bicyclic) bond motifs is 1. The first-order valence-corrected chi connectivity index (χ1v) is 8.97. The summed E-state index contributed by atoms with van der Waals surface area (Å²) in [6.45, 7) is 2.99. The van der Waals surface area contributed by atoms with Crippen LogP contribution in [0, 0.1) is 0 Å². The molecule has 2 heterocycles. The van der Waals surface area contributed by atoms with Crippen molar-refractivity contribution in [3.63, 3.8) is 0 Å². The number of amides is 1. The summed E-state index contributed by atoms with van der Waals surface area (Å²) in [4.78, 5) is 15.6. The molecule has 0 radical (unpaired) electrons. The van der Waals surface area contributed by atoms with Gasteiger partial charge in [0.25, 0.3) is 5.91 Å². The smallest absolute Gasteiger partial charge is 0.266 e. The van der Waals surface area contributed by atoms with E-state index in [0.717, 1.165) is 33.9 Å². The van der Waals surface area contributed by atoms with Gasteiger partial charge in [0.2, 0.25) is 0 Å². The molecule has 112 valence electrons. The molecule has 1 atom stereocenters. The van der Waals surface area contributed by atoms with Crippen molar-refractivity contribution < 1.29 is 4.79 Å². The van der Waals surface area contributed by atoms with Crippen molar-refractivity contribution in [3.8, 4) is 0 Å². The van der Waals surface area contributed by atoms with Crippen molar-refractivity contribution in [2.75, 3.05) is 12.3 Å². The van der Waals surface area contributed by atoms with Crippen LogP contribution in [0.4, 0.5) is 5.69 Å². The van der Waals surface area contributed by atoms with Crippen LogP contribution in [0.1, 0.15) is 42.3 Å². The third-order valence-corrected chi connectivity index (χ3v) is 5.86. The summed E-state index contributed by atoms with van der Waals surface area (Å²) in [6.07, 6.45) is 4.59. The van der Waals surface area contributed by atoms with Crippen molar-refractivity contribution in [1.82, 2.24) is 4.90 Å². The topological polar surface area (TPSA) is 46.3 Å². The van der Waals surface area contributed by atoms with Gasteiger partial charge in [-0.15, -0.1) is 11.3 Å². The van der Waals surface area contributed by atoms with Gasteiger partial charge in [0.05, 0.1) is 5.69 Å². The molecule has 1 aliphatic rings. The molecule has 21 heavy (non-hydrogen) atoms. The van der Waals surface area contributed by atoms with E-state index >= 15 is 0 Å². The van der Waals surface area contributed by atoms with Crippen molar-refractivity contribution in [1.29, 1.82) is 0 Å². The van der Waals surface area contributed by atoms with Gasteiger partial charge in [-0.25, -0.2) is 0 Å². The monoisotopic (exact) mass is 366 g/mol. The lowest BCUT2D eigenvalue weighted by molar-refractivity contribution is 0.0704. The van der Waals surface area contributed by atoms with E-state index in [1.54, 1.807) is 0 Å². The highest BCUT2D eigenvalue weighted by Gasteiger charge is 2.26. The Morgan fingerprint density at radius 1 is 1.38 bits per heavy atom. The third kappa shape index (κ3) is 2.81. The number of halogens is 1. The summed E-state index contributed by atoms with van der Waals surface area (Å²) >= 11 is 4.97. The minimum Gasteiger partial charge on any atom is -0.397 e. The predicted octanol–water partition coefficient (Wildman–Crippen LogP) is 4.65. The van der Waals surface area contributed by atoms with Crippen LogP contribution in [0.25, 0.3) is 10.1 Å². The molecule has 1 aromatic heterocycles. The number of thiophene rings is 1. The predicted molar refractivity (Wildman–Crippen MR) is 92.9 cm³/mol. The first-order valence-electron chi connectivity index (χ1n) is 7.36. The maximum absolute atomic E-state index is 12.9. The number of nitrogen functional groups attached to an aromatic ring is 1. The summed E-state index contributed by atoms with van der Waals surface area (Å²) < 4.78 is 2.06. The van der Waals surface area contributed by atoms with Crippen molar-refractivity contribution in [3.05, 3.63) is 27.5 Å². The Morgan fingerprint density at radius 2 is 2.19 bits per heavy atom. The zero-order valence-electron chi connectivity index (χ0n) is 12.1. The van der Waals surface area contributed by atoms with E-state index in [1.165, 1.54) is 24.2 Å². The molecule has 0 aliphatic carbocycles. The van der Waals surface area contributed by atoms with Crippen LogP contribution < -0.4 is 5.73 Å². The highest BCUT2D eigenvalue weighted by atomic mass is 79.9. The van der Waals surface area contributed by atoms with E-state index in [2.05, 4.69) is 22.9 Å². The summed E-state index contributed by atoms with van der Waals surface area (Å²) in [5.74, 6) is 0.0965. The number of hydrogen-bond acceptors (Lipinski definition) is 3. The average Bonchev–Trinajstić information content (AvgIpc) is 2.64. The van der Waals surface area contributed by atoms with Gasteiger partial charge in [-0.1, -0.05) is 28.8 Å². The molecule has 5 heteroatoms. The van der Waals surface area contributed by atoms with Gasteiger partial charge in [0.15, 0.2) is 0 Å². The summed E-state index contributed by atoms with van der Waals surface area (Å²) in [7, 11) is 0. The highest BCUT2D eigenvalue weighted by molar-refractivity contribution is 9.10. The van der Waals surface area contributed by atoms with Crippen molar-refractivity contribution >= 4 is 48.9 Å². The molecule has 1 aromatic carbocycles. The fourth-order valence-electron chi connectivity index (χ4n) is 2.95.